The van der Waals surface area contributed by atoms with Gasteiger partial charge in [0.25, 0.3) is 11.8 Å². The Hall–Kier alpha value is -1.32. The number of allylic oxidation sites excluding steroid dienone is 1. The fourth-order valence-corrected chi connectivity index (χ4v) is 1.09. The van der Waals surface area contributed by atoms with E-state index in [2.05, 4.69) is 10.6 Å². The molecule has 1 rings (SSSR count). The highest BCUT2D eigenvalue weighted by Gasteiger charge is 2.21. The van der Waals surface area contributed by atoms with Gasteiger partial charge >= 0.3 is 0 Å². The minimum absolute atomic E-state index is 0.243. The Kier molecular flexibility index (Phi) is 2.47. The quantitative estimate of drug-likeness (QED) is 0.381. The summed E-state index contributed by atoms with van der Waals surface area (Å²) in [4.78, 5) is 22.5. The summed E-state index contributed by atoms with van der Waals surface area (Å²) in [5.74, 6) is -0.546. The zero-order valence-corrected chi connectivity index (χ0v) is 7.23. The normalized spacial score (nSPS) is 18.0. The zero-order valence-electron chi connectivity index (χ0n) is 7.23. The molecule has 0 spiro atoms. The van der Waals surface area contributed by atoms with Gasteiger partial charge in [-0.1, -0.05) is 5.57 Å². The third-order valence-electron chi connectivity index (χ3n) is 1.65. The minimum Gasteiger partial charge on any atom is -0.350 e. The topological polar surface area (TPSA) is 58.2 Å². The van der Waals surface area contributed by atoms with Crippen molar-refractivity contribution in [1.82, 2.24) is 10.6 Å². The maximum Gasteiger partial charge on any atom is 0.256 e. The number of rotatable bonds is 0. The fraction of sp³-hybridized carbons (Fsp3) is 0.500. The second kappa shape index (κ2) is 3.38. The van der Waals surface area contributed by atoms with Gasteiger partial charge in [-0.15, -0.1) is 0 Å². The van der Waals surface area contributed by atoms with E-state index in [9.17, 15) is 9.59 Å². The Balaban J connectivity index is 2.99. The van der Waals surface area contributed by atoms with E-state index < -0.39 is 0 Å². The maximum absolute atomic E-state index is 11.2. The monoisotopic (exact) mass is 168 g/mol. The van der Waals surface area contributed by atoms with E-state index in [1.165, 1.54) is 0 Å². The number of nitrogens with one attached hydrogen (secondary N) is 2. The van der Waals surface area contributed by atoms with Crippen LogP contribution in [0, 0.1) is 0 Å². The smallest absolute Gasteiger partial charge is 0.256 e. The molecule has 0 saturated carbocycles. The van der Waals surface area contributed by atoms with Crippen molar-refractivity contribution in [1.29, 1.82) is 0 Å². The third-order valence-corrected chi connectivity index (χ3v) is 1.65. The van der Waals surface area contributed by atoms with Gasteiger partial charge < -0.3 is 10.6 Å². The molecule has 0 aliphatic carbocycles. The van der Waals surface area contributed by atoms with Crippen LogP contribution in [0.2, 0.25) is 0 Å². The average Bonchev–Trinajstić information content (AvgIpc) is 2.11. The summed E-state index contributed by atoms with van der Waals surface area (Å²) in [6, 6.07) is 0. The highest BCUT2D eigenvalue weighted by atomic mass is 16.2. The number of hydrogen-bond acceptors (Lipinski definition) is 2. The summed E-state index contributed by atoms with van der Waals surface area (Å²) in [5.41, 5.74) is 0.986. The van der Waals surface area contributed by atoms with Crippen molar-refractivity contribution >= 4 is 11.8 Å². The summed E-state index contributed by atoms with van der Waals surface area (Å²) < 4.78 is 0. The van der Waals surface area contributed by atoms with Gasteiger partial charge in [0.15, 0.2) is 0 Å². The average molecular weight is 168 g/mol. The summed E-state index contributed by atoms with van der Waals surface area (Å²) >= 11 is 0. The van der Waals surface area contributed by atoms with Crippen molar-refractivity contribution in [2.45, 2.75) is 13.8 Å². The molecule has 66 valence electrons. The summed E-state index contributed by atoms with van der Waals surface area (Å²) in [5, 5.41) is 5.25. The number of carbonyl (C=O) groups excluding carboxylic acids is 2. The van der Waals surface area contributed by atoms with Gasteiger partial charge in [-0.2, -0.15) is 0 Å². The Morgan fingerprint density at radius 3 is 1.83 bits per heavy atom. The first kappa shape index (κ1) is 8.77. The van der Waals surface area contributed by atoms with E-state index >= 15 is 0 Å². The van der Waals surface area contributed by atoms with E-state index in [0.29, 0.717) is 13.1 Å². The summed E-state index contributed by atoms with van der Waals surface area (Å²) in [6.07, 6.45) is 0. The molecule has 0 aromatic carbocycles. The molecule has 0 unspecified atom stereocenters. The van der Waals surface area contributed by atoms with Crippen LogP contribution in [0.15, 0.2) is 11.1 Å². The van der Waals surface area contributed by atoms with Crippen molar-refractivity contribution in [3.8, 4) is 0 Å². The van der Waals surface area contributed by atoms with Crippen LogP contribution in [-0.2, 0) is 9.59 Å². The van der Waals surface area contributed by atoms with Gasteiger partial charge in [0.2, 0.25) is 0 Å². The molecule has 0 bridgehead atoms. The maximum atomic E-state index is 11.2. The third kappa shape index (κ3) is 1.64. The molecule has 1 aliphatic heterocycles. The molecule has 2 amide bonds. The molecule has 1 fully saturated rings. The van der Waals surface area contributed by atoms with Crippen LogP contribution in [0.25, 0.3) is 0 Å². The molecule has 0 radical (unpaired) electrons. The summed E-state index contributed by atoms with van der Waals surface area (Å²) in [6.45, 7) is 4.50. The molecule has 4 heteroatoms. The predicted molar refractivity (Wildman–Crippen MR) is 44.4 cm³/mol. The first-order valence-corrected chi connectivity index (χ1v) is 3.87. The zero-order chi connectivity index (χ0) is 9.14. The van der Waals surface area contributed by atoms with Crippen molar-refractivity contribution in [3.05, 3.63) is 11.1 Å². The molecule has 0 aromatic rings. The van der Waals surface area contributed by atoms with Crippen molar-refractivity contribution in [3.63, 3.8) is 0 Å². The van der Waals surface area contributed by atoms with Gasteiger partial charge in [-0.25, -0.2) is 0 Å². The van der Waals surface area contributed by atoms with Crippen LogP contribution < -0.4 is 10.6 Å². The van der Waals surface area contributed by atoms with Crippen LogP contribution in [0.1, 0.15) is 13.8 Å². The van der Waals surface area contributed by atoms with E-state index in [1.54, 1.807) is 13.8 Å². The lowest BCUT2D eigenvalue weighted by Crippen LogP contribution is -2.27. The Morgan fingerprint density at radius 2 is 1.50 bits per heavy atom. The molecular formula is C8H12N2O2. The van der Waals surface area contributed by atoms with Crippen molar-refractivity contribution < 1.29 is 9.59 Å². The van der Waals surface area contributed by atoms with Crippen LogP contribution >= 0.6 is 0 Å². The van der Waals surface area contributed by atoms with Crippen LogP contribution in [0.5, 0.6) is 0 Å². The first-order chi connectivity index (χ1) is 5.63. The van der Waals surface area contributed by atoms with Crippen LogP contribution in [0.3, 0.4) is 0 Å². The van der Waals surface area contributed by atoms with Gasteiger partial charge in [-0.3, -0.25) is 9.59 Å². The number of carbonyl (C=O) groups is 2. The van der Waals surface area contributed by atoms with E-state index in [4.69, 9.17) is 0 Å². The Bertz CT molecular complexity index is 232. The lowest BCUT2D eigenvalue weighted by atomic mass is 10.1. The number of amides is 2. The second-order valence-corrected chi connectivity index (χ2v) is 2.89. The molecule has 0 aromatic heterocycles. The van der Waals surface area contributed by atoms with Gasteiger partial charge in [0.05, 0.1) is 0 Å². The molecule has 1 heterocycles. The molecule has 12 heavy (non-hydrogen) atoms. The predicted octanol–water partition coefficient (Wildman–Crippen LogP) is -0.431. The molecule has 1 aliphatic rings. The Labute approximate surface area is 71.0 Å². The van der Waals surface area contributed by atoms with Gasteiger partial charge in [0.1, 0.15) is 5.57 Å². The second-order valence-electron chi connectivity index (χ2n) is 2.89. The fourth-order valence-electron chi connectivity index (χ4n) is 1.09. The number of hydrogen-bond donors (Lipinski definition) is 2. The Morgan fingerprint density at radius 1 is 1.08 bits per heavy atom. The van der Waals surface area contributed by atoms with Crippen molar-refractivity contribution in [2.24, 2.45) is 0 Å². The van der Waals surface area contributed by atoms with Crippen LogP contribution in [0.4, 0.5) is 0 Å². The first-order valence-electron chi connectivity index (χ1n) is 3.87. The lowest BCUT2D eigenvalue weighted by Gasteiger charge is -2.02. The SMILES string of the molecule is CC(C)=C1C(=O)NCCNC1=O. The minimum atomic E-state index is -0.273. The molecule has 2 N–H and O–H groups in total. The molecule has 4 nitrogen and oxygen atoms in total. The summed E-state index contributed by atoms with van der Waals surface area (Å²) in [7, 11) is 0. The van der Waals surface area contributed by atoms with Crippen LogP contribution in [-0.4, -0.2) is 24.9 Å². The van der Waals surface area contributed by atoms with E-state index in [0.717, 1.165) is 5.57 Å². The molecule has 1 saturated heterocycles. The van der Waals surface area contributed by atoms with E-state index in [-0.39, 0.29) is 17.4 Å². The molecular weight excluding hydrogens is 156 g/mol. The highest BCUT2D eigenvalue weighted by Crippen LogP contribution is 2.04. The molecule has 0 atom stereocenters. The standard InChI is InChI=1S/C8H12N2O2/c1-5(2)6-7(11)9-3-4-10-8(6)12/h3-4H2,1-2H3,(H,9,11)(H,10,12). The van der Waals surface area contributed by atoms with E-state index in [1.807, 2.05) is 0 Å². The van der Waals surface area contributed by atoms with Gasteiger partial charge in [-0.05, 0) is 13.8 Å². The lowest BCUT2D eigenvalue weighted by molar-refractivity contribution is -0.122. The van der Waals surface area contributed by atoms with Gasteiger partial charge in [0, 0.05) is 13.1 Å². The van der Waals surface area contributed by atoms with Crippen molar-refractivity contribution in [2.75, 3.05) is 13.1 Å². The largest absolute Gasteiger partial charge is 0.350 e. The highest BCUT2D eigenvalue weighted by molar-refractivity contribution is 6.19.